The van der Waals surface area contributed by atoms with Gasteiger partial charge in [-0.15, -0.1) is 0 Å². The van der Waals surface area contributed by atoms with Gasteiger partial charge in [-0.3, -0.25) is 0 Å². The molecule has 0 bridgehead atoms. The predicted molar refractivity (Wildman–Crippen MR) is 66.8 cm³/mol. The van der Waals surface area contributed by atoms with Crippen molar-refractivity contribution in [2.45, 2.75) is 27.2 Å². The summed E-state index contributed by atoms with van der Waals surface area (Å²) in [6, 6.07) is 0. The summed E-state index contributed by atoms with van der Waals surface area (Å²) in [5.41, 5.74) is 8.45. The summed E-state index contributed by atoms with van der Waals surface area (Å²) in [6.07, 6.45) is 0.652. The van der Waals surface area contributed by atoms with Crippen molar-refractivity contribution in [1.82, 2.24) is 4.98 Å². The molecule has 4 heteroatoms. The molecule has 0 aromatic carbocycles. The zero-order chi connectivity index (χ0) is 12.8. The van der Waals surface area contributed by atoms with E-state index in [2.05, 4.69) is 16.8 Å². The maximum Gasteiger partial charge on any atom is 0.355 e. The molecule has 0 atom stereocenters. The van der Waals surface area contributed by atoms with Crippen LogP contribution in [0.15, 0.2) is 0 Å². The normalized spacial score (nSPS) is 9.65. The molecule has 0 aliphatic rings. The van der Waals surface area contributed by atoms with Crippen molar-refractivity contribution in [3.8, 4) is 11.8 Å². The molecule has 0 aliphatic heterocycles. The van der Waals surface area contributed by atoms with Crippen molar-refractivity contribution in [1.29, 1.82) is 0 Å². The fraction of sp³-hybridized carbons (Fsp3) is 0.462. The summed E-state index contributed by atoms with van der Waals surface area (Å²) in [5, 5.41) is 0. The Morgan fingerprint density at radius 1 is 1.47 bits per heavy atom. The largest absolute Gasteiger partial charge is 0.461 e. The maximum absolute atomic E-state index is 11.6. The van der Waals surface area contributed by atoms with Crippen LogP contribution in [0.25, 0.3) is 0 Å². The molecule has 3 N–H and O–H groups in total. The molecular formula is C13H18N2O2. The second kappa shape index (κ2) is 6.12. The molecule has 0 radical (unpaired) electrons. The van der Waals surface area contributed by atoms with Crippen molar-refractivity contribution in [3.63, 3.8) is 0 Å². The Morgan fingerprint density at radius 2 is 2.18 bits per heavy atom. The number of rotatable bonds is 3. The van der Waals surface area contributed by atoms with E-state index in [0.29, 0.717) is 25.3 Å². The highest BCUT2D eigenvalue weighted by atomic mass is 16.5. The molecule has 1 rings (SSSR count). The van der Waals surface area contributed by atoms with Gasteiger partial charge in [-0.2, -0.15) is 0 Å². The molecule has 4 nitrogen and oxygen atoms in total. The SMILES string of the molecule is CCOC(=O)c1[nH]c(C)c(C#CCCN)c1C. The van der Waals surface area contributed by atoms with E-state index in [9.17, 15) is 4.79 Å². The minimum absolute atomic E-state index is 0.333. The van der Waals surface area contributed by atoms with Crippen LogP contribution in [0, 0.1) is 25.7 Å². The van der Waals surface area contributed by atoms with E-state index >= 15 is 0 Å². The van der Waals surface area contributed by atoms with Crippen LogP contribution in [0.1, 0.15) is 40.7 Å². The fourth-order valence-electron chi connectivity index (χ4n) is 1.57. The first-order valence-corrected chi connectivity index (χ1v) is 5.67. The van der Waals surface area contributed by atoms with Gasteiger partial charge in [0.15, 0.2) is 0 Å². The van der Waals surface area contributed by atoms with Crippen LogP contribution in [0.5, 0.6) is 0 Å². The summed E-state index contributed by atoms with van der Waals surface area (Å²) in [4.78, 5) is 14.7. The molecule has 0 spiro atoms. The number of hydrogen-bond donors (Lipinski definition) is 2. The van der Waals surface area contributed by atoms with Crippen LogP contribution in [-0.4, -0.2) is 24.1 Å². The molecule has 0 unspecified atom stereocenters. The number of carbonyl (C=O) groups is 1. The van der Waals surface area contributed by atoms with Gasteiger partial charge in [-0.25, -0.2) is 4.79 Å². The van der Waals surface area contributed by atoms with E-state index in [1.807, 2.05) is 13.8 Å². The molecule has 0 aliphatic carbocycles. The maximum atomic E-state index is 11.6. The zero-order valence-corrected chi connectivity index (χ0v) is 10.5. The Labute approximate surface area is 102 Å². The third kappa shape index (κ3) is 3.11. The first-order valence-electron chi connectivity index (χ1n) is 5.67. The second-order valence-corrected chi connectivity index (χ2v) is 3.69. The number of ether oxygens (including phenoxy) is 1. The Hall–Kier alpha value is -1.73. The van der Waals surface area contributed by atoms with Crippen molar-refractivity contribution in [3.05, 3.63) is 22.5 Å². The molecule has 17 heavy (non-hydrogen) atoms. The van der Waals surface area contributed by atoms with Gasteiger partial charge in [0.1, 0.15) is 5.69 Å². The Balaban J connectivity index is 3.03. The highest BCUT2D eigenvalue weighted by Crippen LogP contribution is 2.17. The lowest BCUT2D eigenvalue weighted by atomic mass is 10.1. The number of esters is 1. The molecule has 0 amide bonds. The lowest BCUT2D eigenvalue weighted by molar-refractivity contribution is 0.0519. The Bertz CT molecular complexity index is 464. The average Bonchev–Trinajstić information content (AvgIpc) is 2.57. The number of H-pyrrole nitrogens is 1. The third-order valence-electron chi connectivity index (χ3n) is 2.40. The van der Waals surface area contributed by atoms with Gasteiger partial charge in [0.05, 0.1) is 6.61 Å². The van der Waals surface area contributed by atoms with E-state index in [1.54, 1.807) is 6.92 Å². The number of nitrogens with one attached hydrogen (secondary N) is 1. The highest BCUT2D eigenvalue weighted by Gasteiger charge is 2.16. The standard InChI is InChI=1S/C13H18N2O2/c1-4-17-13(16)12-9(2)11(10(3)15-12)7-5-6-8-14/h15H,4,6,8,14H2,1-3H3. The van der Waals surface area contributed by atoms with Crippen molar-refractivity contribution in [2.75, 3.05) is 13.2 Å². The number of nitrogens with two attached hydrogens (primary N) is 1. The average molecular weight is 234 g/mol. The minimum atomic E-state index is -0.333. The Morgan fingerprint density at radius 3 is 2.76 bits per heavy atom. The quantitative estimate of drug-likeness (QED) is 0.615. The Kier molecular flexibility index (Phi) is 4.80. The van der Waals surface area contributed by atoms with Crippen LogP contribution in [0.2, 0.25) is 0 Å². The van der Waals surface area contributed by atoms with E-state index in [-0.39, 0.29) is 5.97 Å². The number of aryl methyl sites for hydroxylation is 1. The number of aromatic nitrogens is 1. The van der Waals surface area contributed by atoms with Gasteiger partial charge in [0.25, 0.3) is 0 Å². The lowest BCUT2D eigenvalue weighted by Crippen LogP contribution is -2.06. The van der Waals surface area contributed by atoms with Crippen LogP contribution in [0.4, 0.5) is 0 Å². The summed E-state index contributed by atoms with van der Waals surface area (Å²) in [5.74, 6) is 5.67. The summed E-state index contributed by atoms with van der Waals surface area (Å²) in [7, 11) is 0. The van der Waals surface area contributed by atoms with Crippen LogP contribution in [0.3, 0.4) is 0 Å². The van der Waals surface area contributed by atoms with Gasteiger partial charge in [-0.05, 0) is 26.3 Å². The van der Waals surface area contributed by atoms with Gasteiger partial charge >= 0.3 is 5.97 Å². The number of hydrogen-bond acceptors (Lipinski definition) is 3. The predicted octanol–water partition coefficient (Wildman–Crippen LogP) is 1.51. The van der Waals surface area contributed by atoms with E-state index in [1.165, 1.54) is 0 Å². The van der Waals surface area contributed by atoms with Gasteiger partial charge < -0.3 is 15.5 Å². The summed E-state index contributed by atoms with van der Waals surface area (Å²) < 4.78 is 4.96. The molecular weight excluding hydrogens is 216 g/mol. The molecule has 1 heterocycles. The van der Waals surface area contributed by atoms with Crippen molar-refractivity contribution in [2.24, 2.45) is 5.73 Å². The second-order valence-electron chi connectivity index (χ2n) is 3.69. The smallest absolute Gasteiger partial charge is 0.355 e. The van der Waals surface area contributed by atoms with Gasteiger partial charge in [0.2, 0.25) is 0 Å². The van der Waals surface area contributed by atoms with Gasteiger partial charge in [-0.1, -0.05) is 11.8 Å². The number of carbonyl (C=O) groups excluding carboxylic acids is 1. The van der Waals surface area contributed by atoms with E-state index in [0.717, 1.165) is 16.8 Å². The third-order valence-corrected chi connectivity index (χ3v) is 2.40. The van der Waals surface area contributed by atoms with Crippen LogP contribution in [-0.2, 0) is 4.74 Å². The van der Waals surface area contributed by atoms with Crippen LogP contribution >= 0.6 is 0 Å². The minimum Gasteiger partial charge on any atom is -0.461 e. The highest BCUT2D eigenvalue weighted by molar-refractivity contribution is 5.90. The van der Waals surface area contributed by atoms with E-state index in [4.69, 9.17) is 10.5 Å². The van der Waals surface area contributed by atoms with Crippen LogP contribution < -0.4 is 5.73 Å². The number of aromatic amines is 1. The van der Waals surface area contributed by atoms with E-state index < -0.39 is 0 Å². The summed E-state index contributed by atoms with van der Waals surface area (Å²) in [6.45, 7) is 6.44. The summed E-state index contributed by atoms with van der Waals surface area (Å²) >= 11 is 0. The van der Waals surface area contributed by atoms with Gasteiger partial charge in [0, 0.05) is 24.2 Å². The molecule has 1 aromatic heterocycles. The molecule has 0 saturated carbocycles. The topological polar surface area (TPSA) is 68.1 Å². The first kappa shape index (κ1) is 13.3. The molecule has 0 saturated heterocycles. The molecule has 0 fully saturated rings. The van der Waals surface area contributed by atoms with Crippen molar-refractivity contribution < 1.29 is 9.53 Å². The molecule has 1 aromatic rings. The zero-order valence-electron chi connectivity index (χ0n) is 10.5. The lowest BCUT2D eigenvalue weighted by Gasteiger charge is -1.99. The fourth-order valence-corrected chi connectivity index (χ4v) is 1.57. The monoisotopic (exact) mass is 234 g/mol. The van der Waals surface area contributed by atoms with Crippen molar-refractivity contribution >= 4 is 5.97 Å². The molecule has 92 valence electrons. The first-order chi connectivity index (χ1) is 8.11.